The van der Waals surface area contributed by atoms with Crippen LogP contribution in [0.5, 0.6) is 0 Å². The van der Waals surface area contributed by atoms with Crippen LogP contribution in [0.15, 0.2) is 12.2 Å². The maximum absolute atomic E-state index is 10.6. The molecule has 0 aliphatic heterocycles. The van der Waals surface area contributed by atoms with Crippen molar-refractivity contribution in [1.29, 1.82) is 0 Å². The van der Waals surface area contributed by atoms with E-state index in [2.05, 4.69) is 20.0 Å². The number of carbonyl (C=O) groups is 1. The fourth-order valence-electron chi connectivity index (χ4n) is 0.308. The quantitative estimate of drug-likeness (QED) is 0.218. The van der Waals surface area contributed by atoms with E-state index in [-0.39, 0.29) is 32.5 Å². The zero-order valence-electron chi connectivity index (χ0n) is 9.27. The summed E-state index contributed by atoms with van der Waals surface area (Å²) in [6.07, 6.45) is 0. The van der Waals surface area contributed by atoms with Crippen LogP contribution >= 0.6 is 0 Å². The van der Waals surface area contributed by atoms with E-state index in [0.29, 0.717) is 0 Å². The zero-order valence-corrected chi connectivity index (χ0v) is 9.09. The van der Waals surface area contributed by atoms with Crippen molar-refractivity contribution in [2.45, 2.75) is 13.8 Å². The van der Waals surface area contributed by atoms with Gasteiger partial charge in [0.1, 0.15) is 0 Å². The molecule has 0 amide bonds. The Balaban J connectivity index is -0.000000720. The van der Waals surface area contributed by atoms with E-state index in [9.17, 15) is 13.2 Å². The number of hydrogen-bond acceptors (Lipinski definition) is 6. The van der Waals surface area contributed by atoms with Gasteiger partial charge < -0.3 is 1.43 Å². The van der Waals surface area contributed by atoms with Gasteiger partial charge in [0.2, 0.25) is 0 Å². The molecule has 0 aromatic carbocycles. The summed E-state index contributed by atoms with van der Waals surface area (Å²) in [6.45, 7) is 5.90. The first-order chi connectivity index (χ1) is 5.89. The zero-order chi connectivity index (χ0) is 10.5. The Morgan fingerprint density at radius 1 is 1.50 bits per heavy atom. The molecule has 8 heteroatoms. The van der Waals surface area contributed by atoms with Crippen LogP contribution in [-0.2, 0) is 28.6 Å². The normalized spacial score (nSPS) is 10.1. The molecule has 78 valence electrons. The van der Waals surface area contributed by atoms with E-state index in [1.54, 1.807) is 0 Å². The van der Waals surface area contributed by atoms with Crippen LogP contribution in [0.25, 0.3) is 0 Å². The smallest absolute Gasteiger partial charge is 1.00 e. The predicted molar refractivity (Wildman–Crippen MR) is 43.6 cm³/mol. The van der Waals surface area contributed by atoms with Gasteiger partial charge in [-0.25, -0.2) is 8.98 Å². The SMILES string of the molecule is C=C(C)C(=O)OOS(=O)(=O)OCC.[H-].[Li+]. The third-order valence-electron chi connectivity index (χ3n) is 0.804. The molecule has 0 aliphatic carbocycles. The Morgan fingerprint density at radius 2 is 2.00 bits per heavy atom. The fourth-order valence-corrected chi connectivity index (χ4v) is 0.781. The van der Waals surface area contributed by atoms with Gasteiger partial charge in [-0.15, -0.1) is 0 Å². The molecule has 14 heavy (non-hydrogen) atoms. The summed E-state index contributed by atoms with van der Waals surface area (Å²) in [7, 11) is -4.24. The average Bonchev–Trinajstić information content (AvgIpc) is 2.00. The average molecular weight is 218 g/mol. The molecule has 0 saturated heterocycles. The summed E-state index contributed by atoms with van der Waals surface area (Å²) in [6, 6.07) is 0. The van der Waals surface area contributed by atoms with Gasteiger partial charge in [0.05, 0.1) is 6.61 Å². The Hall–Kier alpha value is -0.323. The molecule has 0 unspecified atom stereocenters. The van der Waals surface area contributed by atoms with Gasteiger partial charge in [-0.2, -0.15) is 8.42 Å². The molecule has 0 saturated carbocycles. The molecule has 0 aromatic rings. The summed E-state index contributed by atoms with van der Waals surface area (Å²) in [5.41, 5.74) is 0.0201. The van der Waals surface area contributed by atoms with Crippen molar-refractivity contribution in [3.63, 3.8) is 0 Å². The van der Waals surface area contributed by atoms with E-state index in [1.807, 2.05) is 0 Å². The second-order valence-corrected chi connectivity index (χ2v) is 3.22. The monoisotopic (exact) mass is 218 g/mol. The molecule has 0 bridgehead atoms. The van der Waals surface area contributed by atoms with Gasteiger partial charge in [-0.1, -0.05) is 6.58 Å². The topological polar surface area (TPSA) is 78.9 Å². The first-order valence-electron chi connectivity index (χ1n) is 3.34. The third kappa shape index (κ3) is 7.12. The number of rotatable bonds is 5. The molecule has 0 atom stereocenters. The molecule has 0 aliphatic rings. The largest absolute Gasteiger partial charge is 1.00 e. The van der Waals surface area contributed by atoms with Crippen molar-refractivity contribution in [3.05, 3.63) is 12.2 Å². The minimum Gasteiger partial charge on any atom is -1.00 e. The van der Waals surface area contributed by atoms with E-state index in [1.165, 1.54) is 13.8 Å². The van der Waals surface area contributed by atoms with Crippen LogP contribution in [0, 0.1) is 0 Å². The minimum atomic E-state index is -4.24. The van der Waals surface area contributed by atoms with Crippen LogP contribution in [-0.4, -0.2) is 21.0 Å². The predicted octanol–water partition coefficient (Wildman–Crippen LogP) is -2.56. The molecule has 0 heterocycles. The summed E-state index contributed by atoms with van der Waals surface area (Å²) < 4.78 is 29.0. The number of hydrogen-bond donors (Lipinski definition) is 0. The van der Waals surface area contributed by atoms with Crippen LogP contribution in [0.1, 0.15) is 15.3 Å². The Kier molecular flexibility index (Phi) is 8.10. The van der Waals surface area contributed by atoms with Gasteiger partial charge in [-0.05, 0) is 18.2 Å². The van der Waals surface area contributed by atoms with E-state index < -0.39 is 16.4 Å². The molecular weight excluding hydrogens is 207 g/mol. The molecule has 0 aromatic heterocycles. The van der Waals surface area contributed by atoms with Crippen molar-refractivity contribution in [3.8, 4) is 0 Å². The summed E-state index contributed by atoms with van der Waals surface area (Å²) >= 11 is 0. The molecule has 0 spiro atoms. The molecule has 0 fully saturated rings. The Bertz CT molecular complexity index is 301. The van der Waals surface area contributed by atoms with Crippen LogP contribution < -0.4 is 18.9 Å². The van der Waals surface area contributed by atoms with Gasteiger partial charge in [-0.3, -0.25) is 4.89 Å². The summed E-state index contributed by atoms with van der Waals surface area (Å²) in [5, 5.41) is 0. The van der Waals surface area contributed by atoms with Crippen LogP contribution in [0.3, 0.4) is 0 Å². The van der Waals surface area contributed by atoms with Crippen LogP contribution in [0.2, 0.25) is 0 Å². The van der Waals surface area contributed by atoms with Crippen molar-refractivity contribution >= 4 is 16.4 Å². The van der Waals surface area contributed by atoms with Gasteiger partial charge >= 0.3 is 35.2 Å². The van der Waals surface area contributed by atoms with Gasteiger partial charge in [0.25, 0.3) is 0 Å². The molecular formula is C6H11LiO6S. The number of carbonyl (C=O) groups excluding carboxylic acids is 1. The van der Waals surface area contributed by atoms with Gasteiger partial charge in [0.15, 0.2) is 0 Å². The minimum absolute atomic E-state index is 0. The maximum Gasteiger partial charge on any atom is 1.00 e. The van der Waals surface area contributed by atoms with Crippen molar-refractivity contribution in [2.75, 3.05) is 6.61 Å². The fraction of sp³-hybridized carbons (Fsp3) is 0.500. The Labute approximate surface area is 96.1 Å². The second kappa shape index (κ2) is 7.03. The standard InChI is InChI=1S/C6H10O6S.Li.H/c1-4-10-13(8,9)12-11-6(7)5(2)3;;/h2,4H2,1,3H3;;/q;+1;-1. The van der Waals surface area contributed by atoms with Crippen molar-refractivity contribution in [2.24, 2.45) is 0 Å². The van der Waals surface area contributed by atoms with E-state index in [4.69, 9.17) is 0 Å². The first kappa shape index (κ1) is 16.1. The molecule has 0 rings (SSSR count). The maximum atomic E-state index is 10.6. The van der Waals surface area contributed by atoms with Crippen LogP contribution in [0.4, 0.5) is 0 Å². The van der Waals surface area contributed by atoms with E-state index >= 15 is 0 Å². The summed E-state index contributed by atoms with van der Waals surface area (Å²) in [4.78, 5) is 14.5. The van der Waals surface area contributed by atoms with E-state index in [0.717, 1.165) is 0 Å². The second-order valence-electron chi connectivity index (χ2n) is 2.03. The Morgan fingerprint density at radius 3 is 2.36 bits per heavy atom. The molecule has 0 N–H and O–H groups in total. The third-order valence-corrected chi connectivity index (χ3v) is 1.56. The van der Waals surface area contributed by atoms with Crippen molar-refractivity contribution < 1.29 is 46.9 Å². The van der Waals surface area contributed by atoms with Crippen molar-refractivity contribution in [1.82, 2.24) is 0 Å². The van der Waals surface area contributed by atoms with Gasteiger partial charge in [0, 0.05) is 5.57 Å². The first-order valence-corrected chi connectivity index (χ1v) is 4.67. The molecule has 0 radical (unpaired) electrons. The summed E-state index contributed by atoms with van der Waals surface area (Å²) in [5.74, 6) is -0.969. The molecule has 6 nitrogen and oxygen atoms in total.